The second kappa shape index (κ2) is 7.08. The van der Waals surface area contributed by atoms with Crippen LogP contribution in [-0.4, -0.2) is 46.0 Å². The van der Waals surface area contributed by atoms with Crippen LogP contribution in [0.2, 0.25) is 0 Å². The third-order valence-electron chi connectivity index (χ3n) is 5.68. The number of benzene rings is 1. The Balaban J connectivity index is 1.37. The summed E-state index contributed by atoms with van der Waals surface area (Å²) in [6, 6.07) is 8.04. The predicted molar refractivity (Wildman–Crippen MR) is 98.9 cm³/mol. The summed E-state index contributed by atoms with van der Waals surface area (Å²) in [5.41, 5.74) is 1.50. The van der Waals surface area contributed by atoms with Crippen molar-refractivity contribution in [2.45, 2.75) is 38.6 Å². The summed E-state index contributed by atoms with van der Waals surface area (Å²) in [6.45, 7) is 3.17. The van der Waals surface area contributed by atoms with Gasteiger partial charge in [-0.2, -0.15) is 10.2 Å². The molecule has 2 aromatic rings. The first-order chi connectivity index (χ1) is 13.5. The van der Waals surface area contributed by atoms with Crippen LogP contribution in [0.15, 0.2) is 28.8 Å². The molecule has 0 bridgehead atoms. The summed E-state index contributed by atoms with van der Waals surface area (Å²) < 4.78 is 5.13. The Morgan fingerprint density at radius 3 is 2.71 bits per heavy atom. The Hall–Kier alpha value is -3.21. The summed E-state index contributed by atoms with van der Waals surface area (Å²) in [5, 5.41) is 15.3. The molecule has 4 rings (SSSR count). The quantitative estimate of drug-likeness (QED) is 0.871. The lowest BCUT2D eigenvalue weighted by molar-refractivity contribution is -0.134. The molecule has 2 aliphatic rings. The Morgan fingerprint density at radius 1 is 1.29 bits per heavy atom. The van der Waals surface area contributed by atoms with Gasteiger partial charge < -0.3 is 14.7 Å². The molecule has 1 aliphatic carbocycles. The van der Waals surface area contributed by atoms with Crippen LogP contribution in [0.4, 0.5) is 0 Å². The van der Waals surface area contributed by atoms with E-state index < -0.39 is 11.9 Å². The zero-order valence-corrected chi connectivity index (χ0v) is 15.6. The smallest absolute Gasteiger partial charge is 0.293 e. The summed E-state index contributed by atoms with van der Waals surface area (Å²) in [7, 11) is 0. The second-order valence-electron chi connectivity index (χ2n) is 7.64. The van der Waals surface area contributed by atoms with E-state index in [1.165, 1.54) is 12.8 Å². The van der Waals surface area contributed by atoms with Crippen molar-refractivity contribution in [2.24, 2.45) is 5.41 Å². The number of piperidine rings is 1. The SMILES string of the molecule is CC(NC(=O)c1noc(-c2cccc(C#N)c2)n1)C(=O)N1CCC2(CC1)CC2. The minimum atomic E-state index is -0.662. The molecular formula is C20H21N5O3. The Kier molecular flexibility index (Phi) is 4.59. The Labute approximate surface area is 162 Å². The fraction of sp³-hybridized carbons (Fsp3) is 0.450. The van der Waals surface area contributed by atoms with Gasteiger partial charge in [0.2, 0.25) is 5.91 Å². The monoisotopic (exact) mass is 379 g/mol. The van der Waals surface area contributed by atoms with Crippen molar-refractivity contribution in [2.75, 3.05) is 13.1 Å². The summed E-state index contributed by atoms with van der Waals surface area (Å²) in [5.74, 6) is -0.656. The number of nitrogens with one attached hydrogen (secondary N) is 1. The minimum absolute atomic E-state index is 0.0886. The van der Waals surface area contributed by atoms with E-state index in [-0.39, 0.29) is 17.6 Å². The molecule has 1 unspecified atom stereocenters. The topological polar surface area (TPSA) is 112 Å². The van der Waals surface area contributed by atoms with Crippen molar-refractivity contribution < 1.29 is 14.1 Å². The molecule has 2 amide bonds. The minimum Gasteiger partial charge on any atom is -0.341 e. The van der Waals surface area contributed by atoms with Crippen molar-refractivity contribution >= 4 is 11.8 Å². The molecule has 1 aromatic heterocycles. The fourth-order valence-electron chi connectivity index (χ4n) is 3.63. The molecule has 1 atom stereocenters. The summed E-state index contributed by atoms with van der Waals surface area (Å²) in [6.07, 6.45) is 4.66. The number of carbonyl (C=O) groups is 2. The Bertz CT molecular complexity index is 947. The van der Waals surface area contributed by atoms with E-state index >= 15 is 0 Å². The highest BCUT2D eigenvalue weighted by Crippen LogP contribution is 2.53. The predicted octanol–water partition coefficient (Wildman–Crippen LogP) is 2.13. The maximum atomic E-state index is 12.6. The number of hydrogen-bond acceptors (Lipinski definition) is 6. The molecule has 1 saturated heterocycles. The highest BCUT2D eigenvalue weighted by atomic mass is 16.5. The molecule has 8 nitrogen and oxygen atoms in total. The highest BCUT2D eigenvalue weighted by molar-refractivity contribution is 5.94. The molecule has 1 N–H and O–H groups in total. The maximum absolute atomic E-state index is 12.6. The lowest BCUT2D eigenvalue weighted by Gasteiger charge is -2.33. The second-order valence-corrected chi connectivity index (χ2v) is 7.64. The number of aromatic nitrogens is 2. The standard InChI is InChI=1S/C20H21N5O3/c1-13(19(27)25-9-7-20(5-6-20)8-10-25)22-17(26)16-23-18(28-24-16)15-4-2-3-14(11-15)12-21/h2-4,11,13H,5-10H2,1H3,(H,22,26). The van der Waals surface area contributed by atoms with Crippen LogP contribution in [0.3, 0.4) is 0 Å². The Morgan fingerprint density at radius 2 is 2.04 bits per heavy atom. The van der Waals surface area contributed by atoms with Crippen LogP contribution in [-0.2, 0) is 4.79 Å². The average Bonchev–Trinajstić information content (AvgIpc) is 3.28. The van der Waals surface area contributed by atoms with Gasteiger partial charge in [0, 0.05) is 18.7 Å². The van der Waals surface area contributed by atoms with Gasteiger partial charge in [-0.15, -0.1) is 0 Å². The van der Waals surface area contributed by atoms with E-state index in [2.05, 4.69) is 15.5 Å². The summed E-state index contributed by atoms with van der Waals surface area (Å²) in [4.78, 5) is 30.9. The van der Waals surface area contributed by atoms with Gasteiger partial charge in [0.05, 0.1) is 11.6 Å². The number of hydrogen-bond donors (Lipinski definition) is 1. The van der Waals surface area contributed by atoms with E-state index in [9.17, 15) is 9.59 Å². The van der Waals surface area contributed by atoms with Gasteiger partial charge in [-0.3, -0.25) is 9.59 Å². The van der Waals surface area contributed by atoms with E-state index in [1.54, 1.807) is 31.2 Å². The largest absolute Gasteiger partial charge is 0.341 e. The first-order valence-corrected chi connectivity index (χ1v) is 9.44. The van der Waals surface area contributed by atoms with Crippen molar-refractivity contribution in [3.63, 3.8) is 0 Å². The molecule has 8 heteroatoms. The number of nitrogens with zero attached hydrogens (tertiary/aromatic N) is 4. The van der Waals surface area contributed by atoms with Crippen molar-refractivity contribution in [3.8, 4) is 17.5 Å². The number of rotatable bonds is 4. The van der Waals surface area contributed by atoms with Crippen LogP contribution in [0.1, 0.15) is 48.8 Å². The zero-order chi connectivity index (χ0) is 19.7. The van der Waals surface area contributed by atoms with E-state index in [0.29, 0.717) is 16.5 Å². The lowest BCUT2D eigenvalue weighted by atomic mass is 9.93. The van der Waals surface area contributed by atoms with E-state index in [0.717, 1.165) is 25.9 Å². The van der Waals surface area contributed by atoms with Gasteiger partial charge in [0.15, 0.2) is 0 Å². The third-order valence-corrected chi connectivity index (χ3v) is 5.68. The molecule has 0 radical (unpaired) electrons. The highest BCUT2D eigenvalue weighted by Gasteiger charge is 2.45. The van der Waals surface area contributed by atoms with Gasteiger partial charge in [-0.1, -0.05) is 11.2 Å². The summed E-state index contributed by atoms with van der Waals surface area (Å²) >= 11 is 0. The number of carbonyl (C=O) groups excluding carboxylic acids is 2. The zero-order valence-electron chi connectivity index (χ0n) is 15.6. The molecule has 2 heterocycles. The molecule has 1 saturated carbocycles. The number of likely N-dealkylation sites (tertiary alicyclic amines) is 1. The van der Waals surface area contributed by atoms with Crippen LogP contribution in [0.25, 0.3) is 11.5 Å². The molecule has 28 heavy (non-hydrogen) atoms. The first kappa shape index (κ1) is 18.2. The van der Waals surface area contributed by atoms with Gasteiger partial charge in [-0.25, -0.2) is 0 Å². The number of amides is 2. The van der Waals surface area contributed by atoms with Gasteiger partial charge in [0.1, 0.15) is 6.04 Å². The lowest BCUT2D eigenvalue weighted by Crippen LogP contribution is -2.49. The number of nitriles is 1. The molecular weight excluding hydrogens is 358 g/mol. The fourth-order valence-corrected chi connectivity index (χ4v) is 3.63. The van der Waals surface area contributed by atoms with Crippen molar-refractivity contribution in [3.05, 3.63) is 35.7 Å². The molecule has 2 fully saturated rings. The van der Waals surface area contributed by atoms with Crippen LogP contribution >= 0.6 is 0 Å². The van der Waals surface area contributed by atoms with Crippen LogP contribution in [0, 0.1) is 16.7 Å². The van der Waals surface area contributed by atoms with Gasteiger partial charge in [-0.05, 0) is 56.2 Å². The van der Waals surface area contributed by atoms with Crippen LogP contribution < -0.4 is 5.32 Å². The molecule has 1 aliphatic heterocycles. The molecule has 1 aromatic carbocycles. The maximum Gasteiger partial charge on any atom is 0.293 e. The molecule has 144 valence electrons. The van der Waals surface area contributed by atoms with Gasteiger partial charge in [0.25, 0.3) is 17.6 Å². The van der Waals surface area contributed by atoms with E-state index in [4.69, 9.17) is 9.78 Å². The molecule has 1 spiro atoms. The third kappa shape index (κ3) is 3.60. The van der Waals surface area contributed by atoms with Crippen LogP contribution in [0.5, 0.6) is 0 Å². The van der Waals surface area contributed by atoms with Crippen molar-refractivity contribution in [1.82, 2.24) is 20.4 Å². The normalized spacial score (nSPS) is 18.4. The first-order valence-electron chi connectivity index (χ1n) is 9.44. The average molecular weight is 379 g/mol. The van der Waals surface area contributed by atoms with E-state index in [1.807, 2.05) is 11.0 Å². The van der Waals surface area contributed by atoms with Gasteiger partial charge >= 0.3 is 0 Å². The van der Waals surface area contributed by atoms with Crippen molar-refractivity contribution in [1.29, 1.82) is 5.26 Å².